The first kappa shape index (κ1) is 9.79. The molecule has 6 nitrogen and oxygen atoms in total. The fraction of sp³-hybridized carbons (Fsp3) is 0.714. The van der Waals surface area contributed by atoms with Gasteiger partial charge in [-0.05, 0) is 6.92 Å². The molecule has 74 valence electrons. The molecule has 1 heterocycles. The monoisotopic (exact) mass is 189 g/mol. The van der Waals surface area contributed by atoms with Gasteiger partial charge in [0, 0.05) is 6.42 Å². The Labute approximate surface area is 74.4 Å². The number of aliphatic carboxylic acids is 1. The zero-order valence-electron chi connectivity index (χ0n) is 7.10. The first-order valence-electron chi connectivity index (χ1n) is 3.78. The lowest BCUT2D eigenvalue weighted by molar-refractivity contribution is -0.141. The number of carboxylic acids is 1. The van der Waals surface area contributed by atoms with E-state index in [0.717, 1.165) is 4.90 Å². The molecule has 0 aromatic rings. The third kappa shape index (κ3) is 1.89. The average molecular weight is 189 g/mol. The third-order valence-electron chi connectivity index (χ3n) is 2.05. The number of amides is 1. The molecule has 2 atom stereocenters. The largest absolute Gasteiger partial charge is 0.480 e. The van der Waals surface area contributed by atoms with Gasteiger partial charge in [0.1, 0.15) is 6.04 Å². The fourth-order valence-corrected chi connectivity index (χ4v) is 1.49. The minimum absolute atomic E-state index is 0.0609. The molecule has 1 amide bonds. The van der Waals surface area contributed by atoms with Gasteiger partial charge in [-0.3, -0.25) is 4.90 Å². The highest BCUT2D eigenvalue weighted by Crippen LogP contribution is 2.26. The van der Waals surface area contributed by atoms with Gasteiger partial charge in [0.05, 0.1) is 12.1 Å². The molecule has 6 heteroatoms. The van der Waals surface area contributed by atoms with E-state index in [4.69, 9.17) is 10.2 Å². The maximum Gasteiger partial charge on any atom is 0.408 e. The van der Waals surface area contributed by atoms with Crippen LogP contribution in [0.5, 0.6) is 0 Å². The number of likely N-dealkylation sites (tertiary alicyclic amines) is 1. The molecule has 1 fully saturated rings. The Morgan fingerprint density at radius 2 is 2.00 bits per heavy atom. The van der Waals surface area contributed by atoms with Gasteiger partial charge < -0.3 is 15.3 Å². The maximum absolute atomic E-state index is 10.6. The zero-order valence-corrected chi connectivity index (χ0v) is 7.10. The van der Waals surface area contributed by atoms with E-state index in [1.165, 1.54) is 6.92 Å². The minimum atomic E-state index is -1.31. The van der Waals surface area contributed by atoms with Crippen molar-refractivity contribution in [2.45, 2.75) is 25.0 Å². The topological polar surface area (TPSA) is 98.1 Å². The van der Waals surface area contributed by atoms with Gasteiger partial charge in [0.15, 0.2) is 0 Å². The Kier molecular flexibility index (Phi) is 2.17. The number of hydrogen-bond donors (Lipinski definition) is 3. The Morgan fingerprint density at radius 1 is 1.46 bits per heavy atom. The number of nitrogens with zero attached hydrogens (tertiary/aromatic N) is 1. The van der Waals surface area contributed by atoms with E-state index in [9.17, 15) is 14.7 Å². The van der Waals surface area contributed by atoms with E-state index in [1.807, 2.05) is 0 Å². The van der Waals surface area contributed by atoms with E-state index in [2.05, 4.69) is 0 Å². The summed E-state index contributed by atoms with van der Waals surface area (Å²) in [6.45, 7) is 1.27. The van der Waals surface area contributed by atoms with E-state index in [1.54, 1.807) is 0 Å². The van der Waals surface area contributed by atoms with E-state index >= 15 is 0 Å². The lowest BCUT2D eigenvalue weighted by Gasteiger charge is -2.17. The van der Waals surface area contributed by atoms with Crippen LogP contribution in [0.2, 0.25) is 0 Å². The highest BCUT2D eigenvalue weighted by atomic mass is 16.4. The summed E-state index contributed by atoms with van der Waals surface area (Å²) in [4.78, 5) is 21.9. The van der Waals surface area contributed by atoms with Crippen molar-refractivity contribution in [2.24, 2.45) is 0 Å². The Morgan fingerprint density at radius 3 is 2.31 bits per heavy atom. The number of carbonyl (C=O) groups is 2. The van der Waals surface area contributed by atoms with Crippen molar-refractivity contribution in [3.63, 3.8) is 0 Å². The van der Waals surface area contributed by atoms with Crippen LogP contribution in [0, 0.1) is 0 Å². The zero-order chi connectivity index (χ0) is 10.2. The molecule has 1 aliphatic heterocycles. The van der Waals surface area contributed by atoms with Crippen LogP contribution < -0.4 is 0 Å². The second kappa shape index (κ2) is 2.88. The van der Waals surface area contributed by atoms with Crippen LogP contribution in [0.25, 0.3) is 0 Å². The standard InChI is InChI=1S/C7H11NO5/c1-7(13)2-4(5(9)10)8(3-7)6(11)12/h4,13H,2-3H2,1H3,(H,9,10)(H,11,12)/t4-,7?/m0/s1. The quantitative estimate of drug-likeness (QED) is 0.520. The van der Waals surface area contributed by atoms with E-state index < -0.39 is 23.7 Å². The average Bonchev–Trinajstić information content (AvgIpc) is 2.26. The summed E-state index contributed by atoms with van der Waals surface area (Å²) in [5.74, 6) is -1.22. The molecule has 0 aromatic carbocycles. The van der Waals surface area contributed by atoms with Crippen molar-refractivity contribution in [1.29, 1.82) is 0 Å². The second-order valence-electron chi connectivity index (χ2n) is 3.47. The first-order valence-corrected chi connectivity index (χ1v) is 3.78. The molecule has 13 heavy (non-hydrogen) atoms. The van der Waals surface area contributed by atoms with Gasteiger partial charge in [0.2, 0.25) is 0 Å². The van der Waals surface area contributed by atoms with Crippen LogP contribution in [0.3, 0.4) is 0 Å². The predicted molar refractivity (Wildman–Crippen MR) is 41.4 cm³/mol. The summed E-state index contributed by atoms with van der Waals surface area (Å²) >= 11 is 0. The molecule has 3 N–H and O–H groups in total. The van der Waals surface area contributed by atoms with Crippen LogP contribution in [0.4, 0.5) is 4.79 Å². The highest BCUT2D eigenvalue weighted by Gasteiger charge is 2.45. The predicted octanol–water partition coefficient (Wildman–Crippen LogP) is -0.426. The van der Waals surface area contributed by atoms with E-state index in [0.29, 0.717) is 0 Å². The van der Waals surface area contributed by atoms with Gasteiger partial charge in [-0.15, -0.1) is 0 Å². The maximum atomic E-state index is 10.6. The smallest absolute Gasteiger partial charge is 0.408 e. The lowest BCUT2D eigenvalue weighted by atomic mass is 10.0. The molecule has 1 aliphatic rings. The number of β-amino-alcohol motifs (C(OH)–C–C–N with tert-alkyl or cyclic N) is 1. The van der Waals surface area contributed by atoms with Crippen molar-refractivity contribution >= 4 is 12.1 Å². The molecule has 1 unspecified atom stereocenters. The summed E-state index contributed by atoms with van der Waals surface area (Å²) in [6, 6.07) is -1.13. The normalized spacial score (nSPS) is 33.4. The molecule has 0 radical (unpaired) electrons. The molecule has 0 spiro atoms. The van der Waals surface area contributed by atoms with Crippen LogP contribution in [-0.4, -0.2) is 50.5 Å². The lowest BCUT2D eigenvalue weighted by Crippen LogP contribution is -2.40. The number of hydrogen-bond acceptors (Lipinski definition) is 3. The van der Waals surface area contributed by atoms with Crippen molar-refractivity contribution in [3.05, 3.63) is 0 Å². The summed E-state index contributed by atoms with van der Waals surface area (Å²) in [5, 5.41) is 26.7. The molecule has 0 aromatic heterocycles. The van der Waals surface area contributed by atoms with Gasteiger partial charge >= 0.3 is 12.1 Å². The Bertz CT molecular complexity index is 225. The van der Waals surface area contributed by atoms with Crippen molar-refractivity contribution in [2.75, 3.05) is 6.54 Å². The summed E-state index contributed by atoms with van der Waals surface area (Å²) in [5.41, 5.74) is -1.23. The van der Waals surface area contributed by atoms with Gasteiger partial charge in [-0.2, -0.15) is 0 Å². The highest BCUT2D eigenvalue weighted by molar-refractivity contribution is 5.80. The summed E-state index contributed by atoms with van der Waals surface area (Å²) in [7, 11) is 0. The molecule has 0 aliphatic carbocycles. The van der Waals surface area contributed by atoms with Crippen LogP contribution >= 0.6 is 0 Å². The summed E-state index contributed by atoms with van der Waals surface area (Å²) < 4.78 is 0. The first-order chi connectivity index (χ1) is 5.83. The molecule has 0 saturated carbocycles. The molecule has 0 bridgehead atoms. The number of carboxylic acid groups (broad SMARTS) is 2. The molecular weight excluding hydrogens is 178 g/mol. The number of rotatable bonds is 1. The number of aliphatic hydroxyl groups is 1. The van der Waals surface area contributed by atoms with Crippen molar-refractivity contribution < 1.29 is 24.9 Å². The van der Waals surface area contributed by atoms with Crippen molar-refractivity contribution in [3.8, 4) is 0 Å². The van der Waals surface area contributed by atoms with Crippen LogP contribution in [0.15, 0.2) is 0 Å². The fourth-order valence-electron chi connectivity index (χ4n) is 1.49. The van der Waals surface area contributed by atoms with Crippen molar-refractivity contribution in [1.82, 2.24) is 4.90 Å². The van der Waals surface area contributed by atoms with Gasteiger partial charge in [-0.1, -0.05) is 0 Å². The van der Waals surface area contributed by atoms with Crippen LogP contribution in [-0.2, 0) is 4.79 Å². The SMILES string of the molecule is CC1(O)C[C@@H](C(=O)O)N(C(=O)O)C1. The van der Waals surface area contributed by atoms with E-state index in [-0.39, 0.29) is 13.0 Å². The second-order valence-corrected chi connectivity index (χ2v) is 3.47. The van der Waals surface area contributed by atoms with Gasteiger partial charge in [0.25, 0.3) is 0 Å². The molecule has 1 rings (SSSR count). The third-order valence-corrected chi connectivity index (χ3v) is 2.05. The summed E-state index contributed by atoms with van der Waals surface area (Å²) in [6.07, 6.45) is -1.38. The minimum Gasteiger partial charge on any atom is -0.480 e. The Hall–Kier alpha value is -1.30. The van der Waals surface area contributed by atoms with Crippen LogP contribution in [0.1, 0.15) is 13.3 Å². The van der Waals surface area contributed by atoms with Gasteiger partial charge in [-0.25, -0.2) is 9.59 Å². The molecule has 1 saturated heterocycles. The Balaban J connectivity index is 2.83. The molecular formula is C7H11NO5.